The van der Waals surface area contributed by atoms with E-state index in [0.717, 1.165) is 12.6 Å². The summed E-state index contributed by atoms with van der Waals surface area (Å²) in [4.78, 5) is 0. The summed E-state index contributed by atoms with van der Waals surface area (Å²) in [6.45, 7) is 8.05. The van der Waals surface area contributed by atoms with Gasteiger partial charge in [0.25, 0.3) is 0 Å². The van der Waals surface area contributed by atoms with Crippen molar-refractivity contribution in [1.29, 1.82) is 0 Å². The van der Waals surface area contributed by atoms with Crippen LogP contribution in [0.1, 0.15) is 245 Å². The fraction of sp³-hybridized carbons (Fsp3) is 1.00. The van der Waals surface area contributed by atoms with Crippen LogP contribution in [0.15, 0.2) is 0 Å². The number of nitrogens with one attached hydrogen (secondary N) is 1. The lowest BCUT2D eigenvalue weighted by Crippen LogP contribution is -2.28. The van der Waals surface area contributed by atoms with Gasteiger partial charge < -0.3 is 5.32 Å². The standard InChI is InChI=1S/C40H83N.BrH/c1-4-7-9-11-13-15-17-19-21-22-23-25-27-29-31-33-35-37-39-40(41-6-3)38-36-34-32-30-28-26-24-20-18-16-14-12-10-8-5-2;/h40-41H,4-39H2,1-3H3;1H. The zero-order valence-electron chi connectivity index (χ0n) is 29.9. The molecule has 0 aromatic carbocycles. The Morgan fingerprint density at radius 3 is 0.667 bits per heavy atom. The highest BCUT2D eigenvalue weighted by molar-refractivity contribution is 8.93. The lowest BCUT2D eigenvalue weighted by molar-refractivity contribution is 0.418. The highest BCUT2D eigenvalue weighted by atomic mass is 79.9. The Kier molecular flexibility index (Phi) is 44.0. The first-order chi connectivity index (χ1) is 20.3. The van der Waals surface area contributed by atoms with Gasteiger partial charge in [-0.2, -0.15) is 0 Å². The Hall–Kier alpha value is 0.440. The molecule has 0 heterocycles. The van der Waals surface area contributed by atoms with Crippen LogP contribution in [0.4, 0.5) is 0 Å². The molecule has 0 rings (SSSR count). The molecular formula is C40H84BrN. The van der Waals surface area contributed by atoms with Gasteiger partial charge in [0, 0.05) is 6.04 Å². The summed E-state index contributed by atoms with van der Waals surface area (Å²) in [6, 6.07) is 0.781. The van der Waals surface area contributed by atoms with Crippen LogP contribution in [0.2, 0.25) is 0 Å². The van der Waals surface area contributed by atoms with E-state index >= 15 is 0 Å². The Bertz CT molecular complexity index is 439. The van der Waals surface area contributed by atoms with Crippen molar-refractivity contribution in [2.24, 2.45) is 0 Å². The Morgan fingerprint density at radius 2 is 0.476 bits per heavy atom. The Labute approximate surface area is 279 Å². The molecule has 0 saturated heterocycles. The molecule has 0 aliphatic rings. The van der Waals surface area contributed by atoms with Gasteiger partial charge in [0.15, 0.2) is 0 Å². The lowest BCUT2D eigenvalue weighted by Gasteiger charge is -2.17. The Morgan fingerprint density at radius 1 is 0.286 bits per heavy atom. The van der Waals surface area contributed by atoms with E-state index in [1.807, 2.05) is 0 Å². The molecule has 1 atom stereocenters. The van der Waals surface area contributed by atoms with Crippen molar-refractivity contribution in [3.05, 3.63) is 0 Å². The summed E-state index contributed by atoms with van der Waals surface area (Å²) < 4.78 is 0. The molecule has 0 aliphatic carbocycles. The minimum absolute atomic E-state index is 0. The molecule has 0 radical (unpaired) electrons. The summed E-state index contributed by atoms with van der Waals surface area (Å²) in [6.07, 6.45) is 51.2. The highest BCUT2D eigenvalue weighted by Crippen LogP contribution is 2.17. The number of rotatable bonds is 37. The van der Waals surface area contributed by atoms with Crippen LogP contribution in [0, 0.1) is 0 Å². The molecule has 1 unspecified atom stereocenters. The van der Waals surface area contributed by atoms with Crippen LogP contribution < -0.4 is 5.32 Å². The second kappa shape index (κ2) is 41.4. The molecule has 0 aromatic heterocycles. The second-order valence-electron chi connectivity index (χ2n) is 13.8. The van der Waals surface area contributed by atoms with Crippen molar-refractivity contribution < 1.29 is 0 Å². The highest BCUT2D eigenvalue weighted by Gasteiger charge is 2.07. The molecule has 0 spiro atoms. The smallest absolute Gasteiger partial charge is 0.00669 e. The lowest BCUT2D eigenvalue weighted by atomic mass is 9.99. The zero-order chi connectivity index (χ0) is 29.7. The van der Waals surface area contributed by atoms with E-state index in [2.05, 4.69) is 26.1 Å². The maximum Gasteiger partial charge on any atom is 0.00669 e. The average Bonchev–Trinajstić information content (AvgIpc) is 2.98. The number of halogens is 1. The molecule has 0 saturated carbocycles. The Balaban J connectivity index is 0. The normalized spacial score (nSPS) is 12.1. The summed E-state index contributed by atoms with van der Waals surface area (Å²) in [7, 11) is 0. The van der Waals surface area contributed by atoms with Crippen LogP contribution in [0.3, 0.4) is 0 Å². The van der Waals surface area contributed by atoms with Crippen LogP contribution in [0.5, 0.6) is 0 Å². The molecule has 0 bridgehead atoms. The van der Waals surface area contributed by atoms with E-state index in [4.69, 9.17) is 0 Å². The van der Waals surface area contributed by atoms with E-state index in [0.29, 0.717) is 0 Å². The van der Waals surface area contributed by atoms with Crippen molar-refractivity contribution in [2.45, 2.75) is 252 Å². The van der Waals surface area contributed by atoms with Gasteiger partial charge in [-0.15, -0.1) is 17.0 Å². The van der Waals surface area contributed by atoms with Gasteiger partial charge in [0.05, 0.1) is 0 Å². The van der Waals surface area contributed by atoms with Crippen LogP contribution in [-0.4, -0.2) is 12.6 Å². The number of hydrogen-bond donors (Lipinski definition) is 1. The van der Waals surface area contributed by atoms with E-state index in [9.17, 15) is 0 Å². The molecule has 2 heteroatoms. The van der Waals surface area contributed by atoms with Crippen molar-refractivity contribution in [3.8, 4) is 0 Å². The second-order valence-corrected chi connectivity index (χ2v) is 13.8. The third-order valence-electron chi connectivity index (χ3n) is 9.56. The van der Waals surface area contributed by atoms with E-state index in [1.165, 1.54) is 225 Å². The summed E-state index contributed by atoms with van der Waals surface area (Å²) in [5.74, 6) is 0. The molecule has 0 aromatic rings. The first kappa shape index (κ1) is 44.6. The number of hydrogen-bond acceptors (Lipinski definition) is 1. The third kappa shape index (κ3) is 38.5. The van der Waals surface area contributed by atoms with E-state index < -0.39 is 0 Å². The fourth-order valence-electron chi connectivity index (χ4n) is 6.69. The molecule has 1 nitrogen and oxygen atoms in total. The molecule has 0 amide bonds. The predicted molar refractivity (Wildman–Crippen MR) is 201 cm³/mol. The molecule has 256 valence electrons. The predicted octanol–water partition coefficient (Wildman–Crippen LogP) is 15.2. The van der Waals surface area contributed by atoms with Crippen molar-refractivity contribution in [3.63, 3.8) is 0 Å². The summed E-state index contributed by atoms with van der Waals surface area (Å²) >= 11 is 0. The van der Waals surface area contributed by atoms with Crippen molar-refractivity contribution >= 4 is 17.0 Å². The molecule has 0 fully saturated rings. The quantitative estimate of drug-likeness (QED) is 0.0655. The van der Waals surface area contributed by atoms with E-state index in [1.54, 1.807) is 0 Å². The van der Waals surface area contributed by atoms with Crippen molar-refractivity contribution in [2.75, 3.05) is 6.54 Å². The maximum atomic E-state index is 3.79. The molecular weight excluding hydrogens is 574 g/mol. The number of unbranched alkanes of at least 4 members (excludes halogenated alkanes) is 31. The van der Waals surface area contributed by atoms with Crippen LogP contribution in [0.25, 0.3) is 0 Å². The largest absolute Gasteiger partial charge is 0.314 e. The van der Waals surface area contributed by atoms with Gasteiger partial charge in [0.1, 0.15) is 0 Å². The van der Waals surface area contributed by atoms with Gasteiger partial charge in [-0.3, -0.25) is 0 Å². The first-order valence-electron chi connectivity index (χ1n) is 20.1. The van der Waals surface area contributed by atoms with Crippen LogP contribution in [-0.2, 0) is 0 Å². The maximum absolute atomic E-state index is 3.79. The average molecular weight is 659 g/mol. The topological polar surface area (TPSA) is 12.0 Å². The SMILES string of the molecule is Br.CCCCCCCCCCCCCCCCCCCCC(CCCCCCCCCCCCCCCCC)NCC. The summed E-state index contributed by atoms with van der Waals surface area (Å²) in [5.41, 5.74) is 0. The van der Waals surface area contributed by atoms with Gasteiger partial charge in [-0.05, 0) is 19.4 Å². The van der Waals surface area contributed by atoms with Gasteiger partial charge >= 0.3 is 0 Å². The monoisotopic (exact) mass is 658 g/mol. The molecule has 42 heavy (non-hydrogen) atoms. The minimum atomic E-state index is 0. The third-order valence-corrected chi connectivity index (χ3v) is 9.56. The zero-order valence-corrected chi connectivity index (χ0v) is 31.7. The first-order valence-corrected chi connectivity index (χ1v) is 20.1. The van der Waals surface area contributed by atoms with Crippen LogP contribution >= 0.6 is 17.0 Å². The molecule has 0 aliphatic heterocycles. The fourth-order valence-corrected chi connectivity index (χ4v) is 6.69. The van der Waals surface area contributed by atoms with Gasteiger partial charge in [0.2, 0.25) is 0 Å². The minimum Gasteiger partial charge on any atom is -0.314 e. The van der Waals surface area contributed by atoms with Gasteiger partial charge in [-0.1, -0.05) is 233 Å². The van der Waals surface area contributed by atoms with E-state index in [-0.39, 0.29) is 17.0 Å². The summed E-state index contributed by atoms with van der Waals surface area (Å²) in [5, 5.41) is 3.79. The van der Waals surface area contributed by atoms with Crippen molar-refractivity contribution in [1.82, 2.24) is 5.32 Å². The van der Waals surface area contributed by atoms with Gasteiger partial charge in [-0.25, -0.2) is 0 Å². The molecule has 1 N–H and O–H groups in total.